The van der Waals surface area contributed by atoms with Crippen molar-refractivity contribution in [3.8, 4) is 0 Å². The van der Waals surface area contributed by atoms with Crippen LogP contribution in [0.3, 0.4) is 0 Å². The molecule has 0 spiro atoms. The monoisotopic (exact) mass is 383 g/mol. The Labute approximate surface area is 161 Å². The van der Waals surface area contributed by atoms with Crippen LogP contribution < -0.4 is 16.6 Å². The van der Waals surface area contributed by atoms with Gasteiger partial charge in [-0.25, -0.2) is 0 Å². The zero-order chi connectivity index (χ0) is 20.3. The molecule has 1 aliphatic rings. The SMILES string of the molecule is CC1CCC(c2ccc(=O)[nH]c2)N(C(=O)C(=O)Nc2cncc(C(N)=O)c2)C1. The summed E-state index contributed by atoms with van der Waals surface area (Å²) in [6.45, 7) is 2.44. The third-order valence-electron chi connectivity index (χ3n) is 4.75. The van der Waals surface area contributed by atoms with Gasteiger partial charge in [0.05, 0.1) is 23.5 Å². The molecule has 2 aromatic heterocycles. The van der Waals surface area contributed by atoms with E-state index in [0.29, 0.717) is 13.0 Å². The van der Waals surface area contributed by atoms with E-state index < -0.39 is 17.7 Å². The molecular formula is C19H21N5O4. The summed E-state index contributed by atoms with van der Waals surface area (Å²) >= 11 is 0. The Morgan fingerprint density at radius 2 is 2.04 bits per heavy atom. The first-order chi connectivity index (χ1) is 13.3. The number of rotatable bonds is 3. The lowest BCUT2D eigenvalue weighted by molar-refractivity contribution is -0.146. The topological polar surface area (TPSA) is 138 Å². The van der Waals surface area contributed by atoms with E-state index in [2.05, 4.69) is 15.3 Å². The van der Waals surface area contributed by atoms with Gasteiger partial charge < -0.3 is 20.9 Å². The number of primary amides is 1. The van der Waals surface area contributed by atoms with Gasteiger partial charge in [-0.1, -0.05) is 13.0 Å². The van der Waals surface area contributed by atoms with E-state index in [9.17, 15) is 19.2 Å². The average Bonchev–Trinajstić information content (AvgIpc) is 2.68. The van der Waals surface area contributed by atoms with Gasteiger partial charge in [-0.15, -0.1) is 0 Å². The second-order valence-electron chi connectivity index (χ2n) is 6.92. The van der Waals surface area contributed by atoms with Gasteiger partial charge >= 0.3 is 11.8 Å². The van der Waals surface area contributed by atoms with E-state index in [0.717, 1.165) is 12.0 Å². The number of hydrogen-bond donors (Lipinski definition) is 3. The van der Waals surface area contributed by atoms with Gasteiger partial charge in [-0.05, 0) is 30.4 Å². The molecule has 3 heterocycles. The Hall–Kier alpha value is -3.49. The van der Waals surface area contributed by atoms with Gasteiger partial charge in [-0.2, -0.15) is 0 Å². The molecule has 1 aliphatic heterocycles. The van der Waals surface area contributed by atoms with Crippen molar-refractivity contribution in [2.75, 3.05) is 11.9 Å². The van der Waals surface area contributed by atoms with Crippen molar-refractivity contribution in [1.29, 1.82) is 0 Å². The molecule has 2 atom stereocenters. The van der Waals surface area contributed by atoms with E-state index in [4.69, 9.17) is 5.73 Å². The molecule has 0 saturated carbocycles. The number of nitrogens with one attached hydrogen (secondary N) is 2. The average molecular weight is 383 g/mol. The highest BCUT2D eigenvalue weighted by Crippen LogP contribution is 2.32. The Balaban J connectivity index is 1.80. The Morgan fingerprint density at radius 1 is 1.25 bits per heavy atom. The van der Waals surface area contributed by atoms with E-state index in [1.54, 1.807) is 12.3 Å². The Morgan fingerprint density at radius 3 is 2.71 bits per heavy atom. The molecule has 9 nitrogen and oxygen atoms in total. The van der Waals surface area contributed by atoms with Gasteiger partial charge in [0, 0.05) is 25.0 Å². The second-order valence-corrected chi connectivity index (χ2v) is 6.92. The maximum absolute atomic E-state index is 12.8. The zero-order valence-corrected chi connectivity index (χ0v) is 15.3. The smallest absolute Gasteiger partial charge is 0.313 e. The highest BCUT2D eigenvalue weighted by molar-refractivity contribution is 6.39. The summed E-state index contributed by atoms with van der Waals surface area (Å²) in [4.78, 5) is 55.9. The number of nitrogens with two attached hydrogens (primary N) is 1. The number of piperidine rings is 1. The minimum atomic E-state index is -0.827. The van der Waals surface area contributed by atoms with E-state index in [-0.39, 0.29) is 28.8 Å². The van der Waals surface area contributed by atoms with Gasteiger partial charge in [0.2, 0.25) is 11.5 Å². The summed E-state index contributed by atoms with van der Waals surface area (Å²) in [5, 5.41) is 2.47. The first-order valence-electron chi connectivity index (χ1n) is 8.90. The zero-order valence-electron chi connectivity index (χ0n) is 15.3. The highest BCUT2D eigenvalue weighted by Gasteiger charge is 2.34. The summed E-state index contributed by atoms with van der Waals surface area (Å²) in [5.74, 6) is -1.95. The minimum absolute atomic E-state index is 0.128. The van der Waals surface area contributed by atoms with Crippen LogP contribution in [0.5, 0.6) is 0 Å². The molecule has 2 aromatic rings. The van der Waals surface area contributed by atoms with Crippen molar-refractivity contribution in [3.63, 3.8) is 0 Å². The van der Waals surface area contributed by atoms with E-state index in [1.807, 2.05) is 6.92 Å². The molecule has 0 aliphatic carbocycles. The predicted octanol–water partition coefficient (Wildman–Crippen LogP) is 0.807. The fourth-order valence-electron chi connectivity index (χ4n) is 3.31. The second kappa shape index (κ2) is 8.03. The largest absolute Gasteiger partial charge is 0.366 e. The molecule has 0 aromatic carbocycles. The van der Waals surface area contributed by atoms with Crippen LogP contribution in [-0.2, 0) is 9.59 Å². The number of pyridine rings is 2. The molecule has 9 heteroatoms. The number of likely N-dealkylation sites (tertiary alicyclic amines) is 1. The maximum Gasteiger partial charge on any atom is 0.313 e. The lowest BCUT2D eigenvalue weighted by Gasteiger charge is -2.38. The summed E-state index contributed by atoms with van der Waals surface area (Å²) in [6, 6.07) is 4.12. The van der Waals surface area contributed by atoms with Crippen LogP contribution in [0.25, 0.3) is 0 Å². The molecule has 1 fully saturated rings. The summed E-state index contributed by atoms with van der Waals surface area (Å²) in [6.07, 6.45) is 5.76. The van der Waals surface area contributed by atoms with Crippen molar-refractivity contribution in [2.24, 2.45) is 11.7 Å². The first-order valence-corrected chi connectivity index (χ1v) is 8.90. The molecule has 0 bridgehead atoms. The van der Waals surface area contributed by atoms with Gasteiger partial charge in [-0.3, -0.25) is 24.2 Å². The number of H-pyrrole nitrogens is 1. The third-order valence-corrected chi connectivity index (χ3v) is 4.75. The molecule has 146 valence electrons. The van der Waals surface area contributed by atoms with Gasteiger partial charge in [0.1, 0.15) is 0 Å². The van der Waals surface area contributed by atoms with Gasteiger partial charge in [0.15, 0.2) is 0 Å². The Bertz CT molecular complexity index is 950. The van der Waals surface area contributed by atoms with Crippen molar-refractivity contribution in [2.45, 2.75) is 25.8 Å². The number of anilines is 1. The van der Waals surface area contributed by atoms with Crippen LogP contribution in [0.1, 0.15) is 41.7 Å². The number of aromatic amines is 1. The molecule has 3 rings (SSSR count). The van der Waals surface area contributed by atoms with E-state index in [1.165, 1.54) is 29.4 Å². The fourth-order valence-corrected chi connectivity index (χ4v) is 3.31. The third kappa shape index (κ3) is 4.25. The van der Waals surface area contributed by atoms with Crippen molar-refractivity contribution in [1.82, 2.24) is 14.9 Å². The maximum atomic E-state index is 12.8. The number of carbonyl (C=O) groups is 3. The van der Waals surface area contributed by atoms with Crippen LogP contribution in [0.4, 0.5) is 5.69 Å². The molecule has 2 unspecified atom stereocenters. The Kier molecular flexibility index (Phi) is 5.53. The number of hydrogen-bond acceptors (Lipinski definition) is 5. The van der Waals surface area contributed by atoms with Crippen molar-refractivity contribution >= 4 is 23.4 Å². The number of nitrogens with zero attached hydrogens (tertiary/aromatic N) is 2. The molecular weight excluding hydrogens is 362 g/mol. The standard InChI is InChI=1S/C19H21N5O4/c1-11-2-4-15(12-3-5-16(25)22-8-12)24(10-11)19(28)18(27)23-14-6-13(17(20)26)7-21-9-14/h3,5-9,11,15H,2,4,10H2,1H3,(H2,20,26)(H,22,25)(H,23,27). The minimum Gasteiger partial charge on any atom is -0.366 e. The predicted molar refractivity (Wildman–Crippen MR) is 101 cm³/mol. The molecule has 0 radical (unpaired) electrons. The summed E-state index contributed by atoms with van der Waals surface area (Å²) < 4.78 is 0. The summed E-state index contributed by atoms with van der Waals surface area (Å²) in [7, 11) is 0. The lowest BCUT2D eigenvalue weighted by atomic mass is 9.90. The number of amides is 3. The normalized spacial score (nSPS) is 19.1. The fraction of sp³-hybridized carbons (Fsp3) is 0.316. The first kappa shape index (κ1) is 19.3. The van der Waals surface area contributed by atoms with Gasteiger partial charge in [0.25, 0.3) is 0 Å². The molecule has 1 saturated heterocycles. The van der Waals surface area contributed by atoms with Crippen LogP contribution >= 0.6 is 0 Å². The van der Waals surface area contributed by atoms with Crippen LogP contribution in [0, 0.1) is 5.92 Å². The van der Waals surface area contributed by atoms with Crippen molar-refractivity contribution in [3.05, 3.63) is 58.3 Å². The highest BCUT2D eigenvalue weighted by atomic mass is 16.2. The lowest BCUT2D eigenvalue weighted by Crippen LogP contribution is -2.46. The van der Waals surface area contributed by atoms with Crippen molar-refractivity contribution < 1.29 is 14.4 Å². The van der Waals surface area contributed by atoms with Crippen LogP contribution in [-0.4, -0.2) is 39.1 Å². The van der Waals surface area contributed by atoms with Crippen LogP contribution in [0.2, 0.25) is 0 Å². The van der Waals surface area contributed by atoms with Crippen LogP contribution in [0.15, 0.2) is 41.6 Å². The molecule has 28 heavy (non-hydrogen) atoms. The number of carbonyl (C=O) groups excluding carboxylic acids is 3. The van der Waals surface area contributed by atoms with E-state index >= 15 is 0 Å². The molecule has 3 amide bonds. The quantitative estimate of drug-likeness (QED) is 0.673. The summed E-state index contributed by atoms with van der Waals surface area (Å²) in [5.41, 5.74) is 6.08. The molecule has 4 N–H and O–H groups in total. The number of aromatic nitrogens is 2.